The van der Waals surface area contributed by atoms with Crippen molar-refractivity contribution in [1.82, 2.24) is 15.0 Å². The lowest BCUT2D eigenvalue weighted by atomic mass is 10.1. The maximum atomic E-state index is 5.46. The van der Waals surface area contributed by atoms with Crippen LogP contribution in [0.2, 0.25) is 0 Å². The second kappa shape index (κ2) is 5.77. The third-order valence-electron chi connectivity index (χ3n) is 2.90. The Balaban J connectivity index is 1.91. The number of hydrogen-bond acceptors (Lipinski definition) is 3. The predicted molar refractivity (Wildman–Crippen MR) is 69.9 cm³/mol. The van der Waals surface area contributed by atoms with Gasteiger partial charge in [0.15, 0.2) is 5.65 Å². The first-order chi connectivity index (χ1) is 8.29. The van der Waals surface area contributed by atoms with E-state index in [0.717, 1.165) is 42.1 Å². The van der Waals surface area contributed by atoms with E-state index >= 15 is 0 Å². The number of rotatable bonds is 6. The van der Waals surface area contributed by atoms with Gasteiger partial charge in [-0.2, -0.15) is 0 Å². The van der Waals surface area contributed by atoms with Crippen LogP contribution >= 0.6 is 0 Å². The van der Waals surface area contributed by atoms with Gasteiger partial charge in [0, 0.05) is 12.1 Å². The Bertz CT molecular complexity index is 475. The van der Waals surface area contributed by atoms with E-state index in [9.17, 15) is 0 Å². The smallest absolute Gasteiger partial charge is 0.177 e. The monoisotopic (exact) mass is 232 g/mol. The molecule has 17 heavy (non-hydrogen) atoms. The number of H-pyrrole nitrogens is 1. The van der Waals surface area contributed by atoms with Gasteiger partial charge in [0.25, 0.3) is 0 Å². The summed E-state index contributed by atoms with van der Waals surface area (Å²) in [6.07, 6.45) is 5.73. The second-order valence-electron chi connectivity index (χ2n) is 4.46. The lowest BCUT2D eigenvalue weighted by molar-refractivity contribution is 0.638. The molecule has 0 radical (unpaired) electrons. The zero-order valence-electron chi connectivity index (χ0n) is 10.4. The molecule has 0 spiro atoms. The molecule has 4 nitrogen and oxygen atoms in total. The van der Waals surface area contributed by atoms with Crippen LogP contribution in [0.25, 0.3) is 11.2 Å². The van der Waals surface area contributed by atoms with Gasteiger partial charge in [0.05, 0.1) is 5.52 Å². The largest absolute Gasteiger partial charge is 0.341 e. The van der Waals surface area contributed by atoms with Crippen molar-refractivity contribution in [2.45, 2.75) is 39.0 Å². The van der Waals surface area contributed by atoms with E-state index in [4.69, 9.17) is 5.73 Å². The topological polar surface area (TPSA) is 67.6 Å². The summed E-state index contributed by atoms with van der Waals surface area (Å²) < 4.78 is 0. The first-order valence-corrected chi connectivity index (χ1v) is 6.32. The Kier molecular flexibility index (Phi) is 4.09. The van der Waals surface area contributed by atoms with E-state index in [1.165, 1.54) is 19.3 Å². The molecule has 0 aliphatic carbocycles. The van der Waals surface area contributed by atoms with Crippen LogP contribution in [0.15, 0.2) is 12.1 Å². The summed E-state index contributed by atoms with van der Waals surface area (Å²) in [7, 11) is 0. The molecule has 0 aromatic carbocycles. The molecule has 2 rings (SSSR count). The molecule has 4 heteroatoms. The van der Waals surface area contributed by atoms with E-state index in [1.807, 2.05) is 19.1 Å². The molecule has 3 N–H and O–H groups in total. The molecule has 2 heterocycles. The molecule has 2 aromatic heterocycles. The van der Waals surface area contributed by atoms with Gasteiger partial charge in [-0.05, 0) is 38.4 Å². The molecule has 0 aliphatic rings. The van der Waals surface area contributed by atoms with Gasteiger partial charge < -0.3 is 10.7 Å². The van der Waals surface area contributed by atoms with E-state index < -0.39 is 0 Å². The van der Waals surface area contributed by atoms with Crippen LogP contribution in [0.1, 0.15) is 37.2 Å². The second-order valence-corrected chi connectivity index (χ2v) is 4.46. The molecule has 0 saturated heterocycles. The third-order valence-corrected chi connectivity index (χ3v) is 2.90. The number of nitrogens with two attached hydrogens (primary N) is 1. The van der Waals surface area contributed by atoms with Crippen LogP contribution in [-0.2, 0) is 6.42 Å². The first kappa shape index (κ1) is 12.0. The molecular formula is C13H20N4. The van der Waals surface area contributed by atoms with Crippen molar-refractivity contribution in [3.05, 3.63) is 23.7 Å². The molecule has 0 saturated carbocycles. The lowest BCUT2D eigenvalue weighted by Crippen LogP contribution is -1.98. The highest BCUT2D eigenvalue weighted by atomic mass is 15.0. The van der Waals surface area contributed by atoms with Crippen LogP contribution in [-0.4, -0.2) is 21.5 Å². The van der Waals surface area contributed by atoms with Gasteiger partial charge in [-0.1, -0.05) is 12.8 Å². The minimum Gasteiger partial charge on any atom is -0.341 e. The zero-order chi connectivity index (χ0) is 12.1. The fourth-order valence-electron chi connectivity index (χ4n) is 1.95. The number of nitrogens with one attached hydrogen (secondary N) is 1. The molecular weight excluding hydrogens is 212 g/mol. The van der Waals surface area contributed by atoms with Crippen molar-refractivity contribution in [3.8, 4) is 0 Å². The van der Waals surface area contributed by atoms with E-state index in [-0.39, 0.29) is 0 Å². The Morgan fingerprint density at radius 2 is 1.94 bits per heavy atom. The lowest BCUT2D eigenvalue weighted by Gasteiger charge is -1.97. The summed E-state index contributed by atoms with van der Waals surface area (Å²) in [5.41, 5.74) is 8.34. The van der Waals surface area contributed by atoms with Crippen molar-refractivity contribution >= 4 is 11.2 Å². The van der Waals surface area contributed by atoms with Crippen LogP contribution in [0.5, 0.6) is 0 Å². The maximum absolute atomic E-state index is 5.46. The number of aromatic nitrogens is 3. The molecule has 0 aliphatic heterocycles. The SMILES string of the molecule is Cc1ccc2[nH]c(CCCCCCN)nc2n1. The number of aromatic amines is 1. The standard InChI is InChI=1S/C13H20N4/c1-10-7-8-11-13(15-10)17-12(16-11)6-4-2-3-5-9-14/h7-8H,2-6,9,14H2,1H3,(H,15,16,17). The molecule has 0 atom stereocenters. The first-order valence-electron chi connectivity index (χ1n) is 6.32. The van der Waals surface area contributed by atoms with Crippen LogP contribution < -0.4 is 5.73 Å². The zero-order valence-corrected chi connectivity index (χ0v) is 10.4. The fraction of sp³-hybridized carbons (Fsp3) is 0.538. The van der Waals surface area contributed by atoms with Gasteiger partial charge in [0.1, 0.15) is 5.82 Å². The highest BCUT2D eigenvalue weighted by Crippen LogP contribution is 2.11. The average Bonchev–Trinajstić information content (AvgIpc) is 2.70. The van der Waals surface area contributed by atoms with E-state index in [0.29, 0.717) is 0 Å². The number of aryl methyl sites for hydroxylation is 2. The Morgan fingerprint density at radius 1 is 1.12 bits per heavy atom. The Hall–Kier alpha value is -1.42. The number of imidazole rings is 1. The van der Waals surface area contributed by atoms with Crippen molar-refractivity contribution in [2.24, 2.45) is 5.73 Å². The number of nitrogens with zero attached hydrogens (tertiary/aromatic N) is 2. The minimum atomic E-state index is 0.799. The van der Waals surface area contributed by atoms with Gasteiger partial charge in [0.2, 0.25) is 0 Å². The van der Waals surface area contributed by atoms with Crippen LogP contribution in [0.4, 0.5) is 0 Å². The van der Waals surface area contributed by atoms with Crippen molar-refractivity contribution in [1.29, 1.82) is 0 Å². The highest BCUT2D eigenvalue weighted by Gasteiger charge is 2.03. The van der Waals surface area contributed by atoms with Crippen molar-refractivity contribution < 1.29 is 0 Å². The molecule has 0 fully saturated rings. The van der Waals surface area contributed by atoms with Crippen LogP contribution in [0.3, 0.4) is 0 Å². The number of pyridine rings is 1. The third kappa shape index (κ3) is 3.27. The summed E-state index contributed by atoms with van der Waals surface area (Å²) in [5.74, 6) is 1.05. The van der Waals surface area contributed by atoms with Crippen LogP contribution in [0, 0.1) is 6.92 Å². The minimum absolute atomic E-state index is 0.799. The molecule has 0 bridgehead atoms. The highest BCUT2D eigenvalue weighted by molar-refractivity contribution is 5.70. The Labute approximate surface area is 102 Å². The summed E-state index contributed by atoms with van der Waals surface area (Å²) in [6.45, 7) is 2.79. The quantitative estimate of drug-likeness (QED) is 0.751. The van der Waals surface area contributed by atoms with Crippen molar-refractivity contribution in [2.75, 3.05) is 6.54 Å². The number of fused-ring (bicyclic) bond motifs is 1. The molecule has 92 valence electrons. The summed E-state index contributed by atoms with van der Waals surface area (Å²) in [6, 6.07) is 4.05. The number of hydrogen-bond donors (Lipinski definition) is 2. The fourth-order valence-corrected chi connectivity index (χ4v) is 1.95. The maximum Gasteiger partial charge on any atom is 0.177 e. The average molecular weight is 232 g/mol. The normalized spacial score (nSPS) is 11.2. The molecule has 0 amide bonds. The van der Waals surface area contributed by atoms with Gasteiger partial charge in [-0.15, -0.1) is 0 Å². The predicted octanol–water partition coefficient (Wildman–Crippen LogP) is 2.33. The summed E-state index contributed by atoms with van der Waals surface area (Å²) >= 11 is 0. The van der Waals surface area contributed by atoms with Gasteiger partial charge in [-0.25, -0.2) is 9.97 Å². The van der Waals surface area contributed by atoms with Gasteiger partial charge >= 0.3 is 0 Å². The van der Waals surface area contributed by atoms with E-state index in [2.05, 4.69) is 15.0 Å². The van der Waals surface area contributed by atoms with E-state index in [1.54, 1.807) is 0 Å². The van der Waals surface area contributed by atoms with Gasteiger partial charge in [-0.3, -0.25) is 0 Å². The summed E-state index contributed by atoms with van der Waals surface area (Å²) in [4.78, 5) is 12.2. The van der Waals surface area contributed by atoms with Crippen molar-refractivity contribution in [3.63, 3.8) is 0 Å². The molecule has 0 unspecified atom stereocenters. The summed E-state index contributed by atoms with van der Waals surface area (Å²) in [5, 5.41) is 0. The Morgan fingerprint density at radius 3 is 2.76 bits per heavy atom. The number of unbranched alkanes of at least 4 members (excludes halogenated alkanes) is 3. The molecule has 2 aromatic rings.